The van der Waals surface area contributed by atoms with Gasteiger partial charge in [0.05, 0.1) is 0 Å². The Hall–Kier alpha value is 1.16. The van der Waals surface area contributed by atoms with Crippen molar-refractivity contribution in [2.45, 2.75) is 17.8 Å². The Bertz CT molecular complexity index is 11.6. The third-order valence-corrected chi connectivity index (χ3v) is 0. The fourth-order valence-corrected chi connectivity index (χ4v) is 0. The molecule has 0 rings (SSSR count). The van der Waals surface area contributed by atoms with Crippen molar-refractivity contribution in [2.24, 2.45) is 0 Å². The summed E-state index contributed by atoms with van der Waals surface area (Å²) < 4.78 is 0.803. The lowest BCUT2D eigenvalue weighted by atomic mass is 10.6. The van der Waals surface area contributed by atoms with E-state index in [0.717, 1.165) is 3.92 Å². The Kier molecular flexibility index (Phi) is 9.78. The van der Waals surface area contributed by atoms with E-state index in [2.05, 4.69) is 36.4 Å². The molecule has 1 atom stereocenters. The smallest absolute Gasteiger partial charge is 0.00530 e. The molecule has 0 spiro atoms. The molecule has 0 saturated heterocycles. The molecule has 0 radical (unpaired) electrons. The second kappa shape index (κ2) is 5.16. The number of hydrogen-bond donors (Lipinski definition) is 0. The van der Waals surface area contributed by atoms with Crippen molar-refractivity contribution in [3.8, 4) is 0 Å². The zero-order chi connectivity index (χ0) is 3.58. The van der Waals surface area contributed by atoms with E-state index in [1.807, 2.05) is 0 Å². The zero-order valence-electron chi connectivity index (χ0n) is 3.66. The van der Waals surface area contributed by atoms with Gasteiger partial charge in [0, 0.05) is 3.92 Å². The van der Waals surface area contributed by atoms with E-state index < -0.39 is 0 Å². The van der Waals surface area contributed by atoms with Crippen molar-refractivity contribution in [3.05, 3.63) is 0 Å². The molecule has 0 aromatic carbocycles. The first-order chi connectivity index (χ1) is 1.73. The summed E-state index contributed by atoms with van der Waals surface area (Å²) in [6, 6.07) is 0. The van der Waals surface area contributed by atoms with Crippen molar-refractivity contribution in [1.29, 1.82) is 0 Å². The van der Waals surface area contributed by atoms with Gasteiger partial charge in [0.2, 0.25) is 0 Å². The summed E-state index contributed by atoms with van der Waals surface area (Å²) in [5.74, 6) is 0. The van der Waals surface area contributed by atoms with Crippen LogP contribution in [0.25, 0.3) is 0 Å². The van der Waals surface area contributed by atoms with Gasteiger partial charge >= 0.3 is 0 Å². The number of halogens is 1. The van der Waals surface area contributed by atoms with Crippen LogP contribution in [0.1, 0.15) is 13.8 Å². The van der Waals surface area contributed by atoms with Crippen LogP contribution in [-0.4, -0.2) is 3.92 Å². The van der Waals surface area contributed by atoms with Gasteiger partial charge in [-0.2, -0.15) is 9.90 Å². The van der Waals surface area contributed by atoms with Crippen LogP contribution in [0.3, 0.4) is 0 Å². The lowest BCUT2D eigenvalue weighted by molar-refractivity contribution is 1.16. The second-order valence-electron chi connectivity index (χ2n) is 1.01. The minimum absolute atomic E-state index is 0. The van der Waals surface area contributed by atoms with Crippen LogP contribution in [0.4, 0.5) is 0 Å². The van der Waals surface area contributed by atoms with Crippen LogP contribution in [0.15, 0.2) is 0 Å². The highest BCUT2D eigenvalue weighted by atomic mass is 127. The van der Waals surface area contributed by atoms with Crippen molar-refractivity contribution < 1.29 is 0 Å². The Morgan fingerprint density at radius 2 is 1.40 bits per heavy atom. The molecule has 2 heteroatoms. The third-order valence-electron chi connectivity index (χ3n) is 0. The molecule has 0 aliphatic heterocycles. The van der Waals surface area contributed by atoms with Crippen molar-refractivity contribution in [1.82, 2.24) is 0 Å². The van der Waals surface area contributed by atoms with E-state index in [1.165, 1.54) is 0 Å². The lowest BCUT2D eigenvalue weighted by Gasteiger charge is -1.76. The van der Waals surface area contributed by atoms with Gasteiger partial charge in [-0.1, -0.05) is 36.4 Å². The fraction of sp³-hybridized carbons (Fsp3) is 1.00. The Balaban J connectivity index is 0. The molecular weight excluding hydrogens is 194 g/mol. The van der Waals surface area contributed by atoms with E-state index in [9.17, 15) is 0 Å². The van der Waals surface area contributed by atoms with Gasteiger partial charge in [-0.05, 0) is 0 Å². The monoisotopic (exact) mass is 204 g/mol. The lowest BCUT2D eigenvalue weighted by Crippen LogP contribution is -1.69. The average molecular weight is 204 g/mol. The summed E-state index contributed by atoms with van der Waals surface area (Å²) in [5, 5.41) is 0. The molecule has 5 heavy (non-hydrogen) atoms. The van der Waals surface area contributed by atoms with Crippen LogP contribution in [0.5, 0.6) is 0 Å². The van der Waals surface area contributed by atoms with Crippen molar-refractivity contribution in [3.63, 3.8) is 0 Å². The Labute approximate surface area is 50.5 Å². The molecule has 0 aliphatic rings. The molecule has 0 N–H and O–H groups in total. The highest BCUT2D eigenvalue weighted by molar-refractivity contribution is 14.1. The molecule has 0 fully saturated rings. The molecule has 0 aromatic rings. The van der Waals surface area contributed by atoms with E-state index in [1.54, 1.807) is 0 Å². The number of rotatable bonds is 0. The summed E-state index contributed by atoms with van der Waals surface area (Å²) in [5.41, 5.74) is 0. The van der Waals surface area contributed by atoms with Gasteiger partial charge in [-0.25, -0.2) is 0 Å². The summed E-state index contributed by atoms with van der Waals surface area (Å²) in [7, 11) is 0. The fourth-order valence-electron chi connectivity index (χ4n) is 0. The molecule has 0 saturated carbocycles. The highest BCUT2D eigenvalue weighted by Crippen LogP contribution is 1.91. The number of alkyl halides is 1. The Morgan fingerprint density at radius 3 is 1.40 bits per heavy atom. The minimum atomic E-state index is 0. The summed E-state index contributed by atoms with van der Waals surface area (Å²) >= 11 is 2.34. The van der Waals surface area contributed by atoms with Crippen LogP contribution in [0.2, 0.25) is 0 Å². The van der Waals surface area contributed by atoms with Gasteiger partial charge in [-0.3, -0.25) is 0 Å². The predicted molar refractivity (Wildman–Crippen MR) is 40.3 cm³/mol. The first-order valence-corrected chi connectivity index (χ1v) is 2.62. The Morgan fingerprint density at radius 1 is 1.40 bits per heavy atom. The van der Waals surface area contributed by atoms with E-state index >= 15 is 0 Å². The quantitative estimate of drug-likeness (QED) is 0.321. The molecule has 0 heterocycles. The van der Waals surface area contributed by atoms with Gasteiger partial charge in [0.25, 0.3) is 0 Å². The van der Waals surface area contributed by atoms with Crippen LogP contribution >= 0.6 is 32.5 Å². The van der Waals surface area contributed by atoms with Crippen LogP contribution < -0.4 is 0 Å². The minimum Gasteiger partial charge on any atom is -0.153 e. The molecule has 0 bridgehead atoms. The molecule has 1 unspecified atom stereocenters. The van der Waals surface area contributed by atoms with Crippen molar-refractivity contribution in [2.75, 3.05) is 0 Å². The number of hydrogen-bond acceptors (Lipinski definition) is 0. The third kappa shape index (κ3) is 38.3. The van der Waals surface area contributed by atoms with Crippen molar-refractivity contribution >= 4 is 32.5 Å². The molecule has 0 nitrogen and oxygen atoms in total. The predicted octanol–water partition coefficient (Wildman–Crippen LogP) is 1.89. The largest absolute Gasteiger partial charge is 0.153 e. The first kappa shape index (κ1) is 9.48. The maximum atomic E-state index is 2.34. The molecule has 0 amide bonds. The van der Waals surface area contributed by atoms with Crippen LogP contribution in [-0.2, 0) is 0 Å². The standard InChI is InChI=1S/C3H7I.H3P/c1-3(2)4;/h3H,1-2H3;1H3. The molecule has 34 valence electrons. The van der Waals surface area contributed by atoms with E-state index in [-0.39, 0.29) is 9.90 Å². The SMILES string of the molecule is CC(C)I.P. The van der Waals surface area contributed by atoms with Gasteiger partial charge in [0.15, 0.2) is 0 Å². The zero-order valence-corrected chi connectivity index (χ0v) is 7.23. The second-order valence-corrected chi connectivity index (χ2v) is 3.51. The molecular formula is C3H10IP. The normalized spacial score (nSPS) is 7.20. The van der Waals surface area contributed by atoms with Crippen LogP contribution in [0, 0.1) is 0 Å². The van der Waals surface area contributed by atoms with E-state index in [4.69, 9.17) is 0 Å². The van der Waals surface area contributed by atoms with Gasteiger partial charge in [-0.15, -0.1) is 0 Å². The molecule has 0 aromatic heterocycles. The first-order valence-electron chi connectivity index (χ1n) is 1.37. The van der Waals surface area contributed by atoms with E-state index in [0.29, 0.717) is 0 Å². The highest BCUT2D eigenvalue weighted by Gasteiger charge is 1.70. The average Bonchev–Trinajstić information content (AvgIpc) is 0.811. The topological polar surface area (TPSA) is 0 Å². The summed E-state index contributed by atoms with van der Waals surface area (Å²) in [6.07, 6.45) is 0. The summed E-state index contributed by atoms with van der Waals surface area (Å²) in [6.45, 7) is 4.31. The van der Waals surface area contributed by atoms with Gasteiger partial charge < -0.3 is 0 Å². The maximum absolute atomic E-state index is 2.34. The van der Waals surface area contributed by atoms with Gasteiger partial charge in [0.1, 0.15) is 0 Å². The maximum Gasteiger partial charge on any atom is 0.00530 e. The summed E-state index contributed by atoms with van der Waals surface area (Å²) in [4.78, 5) is 0. The molecule has 0 aliphatic carbocycles.